The maximum Gasteiger partial charge on any atom is 0.145 e. The molecule has 0 saturated carbocycles. The molecule has 0 aliphatic carbocycles. The quantitative estimate of drug-likeness (QED) is 0.643. The second-order valence-corrected chi connectivity index (χ2v) is 4.79. The Kier molecular flexibility index (Phi) is 3.27. The van der Waals surface area contributed by atoms with Gasteiger partial charge in [-0.1, -0.05) is 26.0 Å². The Morgan fingerprint density at radius 1 is 1.59 bits per heavy atom. The first-order valence-electron chi connectivity index (χ1n) is 6.04. The van der Waals surface area contributed by atoms with Gasteiger partial charge in [-0.2, -0.15) is 0 Å². The fourth-order valence-corrected chi connectivity index (χ4v) is 2.15. The van der Waals surface area contributed by atoms with Gasteiger partial charge in [0.2, 0.25) is 0 Å². The van der Waals surface area contributed by atoms with Gasteiger partial charge in [0, 0.05) is 6.54 Å². The van der Waals surface area contributed by atoms with E-state index in [9.17, 15) is 0 Å². The highest BCUT2D eigenvalue weighted by Gasteiger charge is 2.28. The Balaban J connectivity index is 2.38. The van der Waals surface area contributed by atoms with Crippen LogP contribution in [-0.4, -0.2) is 19.2 Å². The lowest BCUT2D eigenvalue weighted by Crippen LogP contribution is -2.43. The number of nitrogens with two attached hydrogens (primary N) is 1. The van der Waals surface area contributed by atoms with Gasteiger partial charge in [0.1, 0.15) is 17.5 Å². The lowest BCUT2D eigenvalue weighted by Gasteiger charge is -2.38. The standard InChI is InChI=1S/C14H20N2O/c1-4-8-16-9-13(10(2)3)17-12-7-5-6-11(15)14(12)16/h4-7,10,13H,1,8-9,15H2,2-3H3. The topological polar surface area (TPSA) is 38.5 Å². The molecule has 0 saturated heterocycles. The molecule has 2 N–H and O–H groups in total. The molecular weight excluding hydrogens is 212 g/mol. The summed E-state index contributed by atoms with van der Waals surface area (Å²) in [6, 6.07) is 5.83. The third kappa shape index (κ3) is 2.23. The van der Waals surface area contributed by atoms with Crippen LogP contribution < -0.4 is 15.4 Å². The van der Waals surface area contributed by atoms with Crippen LogP contribution in [-0.2, 0) is 0 Å². The van der Waals surface area contributed by atoms with Gasteiger partial charge in [-0.15, -0.1) is 6.58 Å². The number of fused-ring (bicyclic) bond motifs is 1. The van der Waals surface area contributed by atoms with Crippen molar-refractivity contribution >= 4 is 11.4 Å². The van der Waals surface area contributed by atoms with E-state index in [-0.39, 0.29) is 6.10 Å². The number of para-hydroxylation sites is 1. The van der Waals surface area contributed by atoms with E-state index in [4.69, 9.17) is 10.5 Å². The third-order valence-electron chi connectivity index (χ3n) is 3.12. The SMILES string of the molecule is C=CCN1CC(C(C)C)Oc2cccc(N)c21. The summed E-state index contributed by atoms with van der Waals surface area (Å²) in [4.78, 5) is 2.24. The lowest BCUT2D eigenvalue weighted by atomic mass is 10.0. The van der Waals surface area contributed by atoms with Crippen LogP contribution in [0.2, 0.25) is 0 Å². The van der Waals surface area contributed by atoms with Crippen LogP contribution in [0.5, 0.6) is 5.75 Å². The number of ether oxygens (including phenoxy) is 1. The van der Waals surface area contributed by atoms with Gasteiger partial charge in [-0.3, -0.25) is 0 Å². The summed E-state index contributed by atoms with van der Waals surface area (Å²) in [6.07, 6.45) is 2.11. The molecule has 17 heavy (non-hydrogen) atoms. The molecule has 1 aliphatic rings. The molecule has 1 aromatic rings. The molecule has 0 spiro atoms. The van der Waals surface area contributed by atoms with Gasteiger partial charge >= 0.3 is 0 Å². The van der Waals surface area contributed by atoms with Crippen molar-refractivity contribution < 1.29 is 4.74 Å². The van der Waals surface area contributed by atoms with Crippen molar-refractivity contribution in [1.29, 1.82) is 0 Å². The van der Waals surface area contributed by atoms with E-state index in [0.29, 0.717) is 5.92 Å². The molecule has 92 valence electrons. The first kappa shape index (κ1) is 11.8. The Morgan fingerprint density at radius 2 is 2.35 bits per heavy atom. The molecule has 0 fully saturated rings. The molecule has 3 nitrogen and oxygen atoms in total. The van der Waals surface area contributed by atoms with Gasteiger partial charge in [-0.05, 0) is 18.1 Å². The fraction of sp³-hybridized carbons (Fsp3) is 0.429. The van der Waals surface area contributed by atoms with Crippen LogP contribution >= 0.6 is 0 Å². The molecule has 0 bridgehead atoms. The van der Waals surface area contributed by atoms with Crippen molar-refractivity contribution in [3.8, 4) is 5.75 Å². The summed E-state index contributed by atoms with van der Waals surface area (Å²) in [7, 11) is 0. The molecule has 1 aromatic carbocycles. The summed E-state index contributed by atoms with van der Waals surface area (Å²) < 4.78 is 5.99. The first-order chi connectivity index (χ1) is 8.13. The molecule has 1 unspecified atom stereocenters. The number of hydrogen-bond acceptors (Lipinski definition) is 3. The Morgan fingerprint density at radius 3 is 3.00 bits per heavy atom. The predicted molar refractivity (Wildman–Crippen MR) is 72.5 cm³/mol. The van der Waals surface area contributed by atoms with E-state index in [1.807, 2.05) is 24.3 Å². The number of benzene rings is 1. The largest absolute Gasteiger partial charge is 0.486 e. The van der Waals surface area contributed by atoms with E-state index in [0.717, 1.165) is 30.2 Å². The molecule has 0 amide bonds. The second kappa shape index (κ2) is 4.70. The van der Waals surface area contributed by atoms with E-state index in [2.05, 4.69) is 25.3 Å². The molecule has 1 atom stereocenters. The zero-order chi connectivity index (χ0) is 12.4. The fourth-order valence-electron chi connectivity index (χ4n) is 2.15. The van der Waals surface area contributed by atoms with Gasteiger partial charge in [-0.25, -0.2) is 0 Å². The Hall–Kier alpha value is -1.64. The summed E-state index contributed by atoms with van der Waals surface area (Å²) in [5, 5.41) is 0. The minimum absolute atomic E-state index is 0.212. The third-order valence-corrected chi connectivity index (χ3v) is 3.12. The second-order valence-electron chi connectivity index (χ2n) is 4.79. The lowest BCUT2D eigenvalue weighted by molar-refractivity contribution is 0.147. The summed E-state index contributed by atoms with van der Waals surface area (Å²) in [5.41, 5.74) is 7.80. The Labute approximate surface area is 103 Å². The van der Waals surface area contributed by atoms with Crippen molar-refractivity contribution in [1.82, 2.24) is 0 Å². The van der Waals surface area contributed by atoms with Gasteiger partial charge in [0.05, 0.1) is 12.2 Å². The predicted octanol–water partition coefficient (Wildman–Crippen LogP) is 2.68. The average molecular weight is 232 g/mol. The molecule has 0 radical (unpaired) electrons. The first-order valence-corrected chi connectivity index (χ1v) is 6.04. The maximum absolute atomic E-state index is 6.03. The minimum atomic E-state index is 0.212. The Bertz CT molecular complexity index is 415. The number of rotatable bonds is 3. The zero-order valence-electron chi connectivity index (χ0n) is 10.5. The number of hydrogen-bond donors (Lipinski definition) is 1. The molecule has 1 heterocycles. The van der Waals surface area contributed by atoms with Gasteiger partial charge < -0.3 is 15.4 Å². The highest BCUT2D eigenvalue weighted by atomic mass is 16.5. The maximum atomic E-state index is 6.03. The summed E-state index contributed by atoms with van der Waals surface area (Å²) in [5.74, 6) is 1.37. The normalized spacial score (nSPS) is 18.8. The monoisotopic (exact) mass is 232 g/mol. The molecule has 2 rings (SSSR count). The average Bonchev–Trinajstić information content (AvgIpc) is 2.29. The van der Waals surface area contributed by atoms with Gasteiger partial charge in [0.15, 0.2) is 0 Å². The van der Waals surface area contributed by atoms with Crippen molar-refractivity contribution in [3.63, 3.8) is 0 Å². The van der Waals surface area contributed by atoms with Crippen LogP contribution in [0.25, 0.3) is 0 Å². The molecule has 0 aromatic heterocycles. The van der Waals surface area contributed by atoms with Crippen molar-refractivity contribution in [2.24, 2.45) is 5.92 Å². The molecule has 3 heteroatoms. The van der Waals surface area contributed by atoms with Gasteiger partial charge in [0.25, 0.3) is 0 Å². The van der Waals surface area contributed by atoms with Crippen molar-refractivity contribution in [2.75, 3.05) is 23.7 Å². The van der Waals surface area contributed by atoms with E-state index in [1.165, 1.54) is 0 Å². The minimum Gasteiger partial charge on any atom is -0.486 e. The van der Waals surface area contributed by atoms with E-state index < -0.39 is 0 Å². The van der Waals surface area contributed by atoms with Crippen molar-refractivity contribution in [2.45, 2.75) is 20.0 Å². The smallest absolute Gasteiger partial charge is 0.145 e. The highest BCUT2D eigenvalue weighted by Crippen LogP contribution is 2.39. The van der Waals surface area contributed by atoms with Crippen LogP contribution in [0.15, 0.2) is 30.9 Å². The molecule has 1 aliphatic heterocycles. The van der Waals surface area contributed by atoms with Crippen molar-refractivity contribution in [3.05, 3.63) is 30.9 Å². The van der Waals surface area contributed by atoms with E-state index >= 15 is 0 Å². The summed E-state index contributed by atoms with van der Waals surface area (Å²) in [6.45, 7) is 9.82. The highest BCUT2D eigenvalue weighted by molar-refractivity contribution is 5.76. The zero-order valence-corrected chi connectivity index (χ0v) is 10.5. The number of nitrogen functional groups attached to an aromatic ring is 1. The van der Waals surface area contributed by atoms with Crippen LogP contribution in [0.1, 0.15) is 13.8 Å². The van der Waals surface area contributed by atoms with Crippen LogP contribution in [0.4, 0.5) is 11.4 Å². The van der Waals surface area contributed by atoms with E-state index in [1.54, 1.807) is 0 Å². The van der Waals surface area contributed by atoms with Crippen LogP contribution in [0, 0.1) is 5.92 Å². The molecular formula is C14H20N2O. The summed E-state index contributed by atoms with van der Waals surface area (Å²) >= 11 is 0. The van der Waals surface area contributed by atoms with Crippen LogP contribution in [0.3, 0.4) is 0 Å². The number of nitrogens with zero attached hydrogens (tertiary/aromatic N) is 1. The number of anilines is 2.